The van der Waals surface area contributed by atoms with Gasteiger partial charge in [-0.1, -0.05) is 16.8 Å². The Morgan fingerprint density at radius 1 is 1.23 bits per heavy atom. The Morgan fingerprint density at radius 3 is 2.66 bits per heavy atom. The molecule has 2 fully saturated rings. The average Bonchev–Trinajstić information content (AvgIpc) is 3.53. The molecule has 9 nitrogen and oxygen atoms in total. The summed E-state index contributed by atoms with van der Waals surface area (Å²) in [6, 6.07) is 7.24. The summed E-state index contributed by atoms with van der Waals surface area (Å²) >= 11 is 6.65. The van der Waals surface area contributed by atoms with Crippen molar-refractivity contribution in [1.82, 2.24) is 24.9 Å². The van der Waals surface area contributed by atoms with E-state index in [0.29, 0.717) is 53.7 Å². The van der Waals surface area contributed by atoms with E-state index in [1.54, 1.807) is 29.3 Å². The zero-order valence-electron chi connectivity index (χ0n) is 20.2. The van der Waals surface area contributed by atoms with Crippen molar-refractivity contribution >= 4 is 28.7 Å². The van der Waals surface area contributed by atoms with Gasteiger partial charge in [-0.15, -0.1) is 5.10 Å². The van der Waals surface area contributed by atoms with Crippen LogP contribution in [-0.4, -0.2) is 54.8 Å². The number of halogens is 1. The van der Waals surface area contributed by atoms with E-state index in [1.165, 1.54) is 12.8 Å². The molecule has 1 amide bonds. The van der Waals surface area contributed by atoms with Crippen LogP contribution < -0.4 is 4.74 Å². The van der Waals surface area contributed by atoms with Gasteiger partial charge >= 0.3 is 6.09 Å². The van der Waals surface area contributed by atoms with Crippen LogP contribution in [0, 0.1) is 5.92 Å². The lowest BCUT2D eigenvalue weighted by atomic mass is 9.85. The van der Waals surface area contributed by atoms with Crippen molar-refractivity contribution in [3.63, 3.8) is 0 Å². The van der Waals surface area contributed by atoms with Gasteiger partial charge in [0.05, 0.1) is 11.1 Å². The summed E-state index contributed by atoms with van der Waals surface area (Å²) in [5, 5.41) is 20.4. The van der Waals surface area contributed by atoms with Crippen LogP contribution in [-0.2, 0) is 16.9 Å². The third-order valence-electron chi connectivity index (χ3n) is 6.44. The molecule has 1 aromatic carbocycles. The van der Waals surface area contributed by atoms with Crippen LogP contribution in [0.1, 0.15) is 52.0 Å². The summed E-state index contributed by atoms with van der Waals surface area (Å²) in [4.78, 5) is 18.4. The number of rotatable bonds is 5. The van der Waals surface area contributed by atoms with E-state index >= 15 is 0 Å². The number of ether oxygens (including phenoxy) is 2. The molecular formula is C25H30ClN5O4. The van der Waals surface area contributed by atoms with Gasteiger partial charge in [0.1, 0.15) is 16.1 Å². The summed E-state index contributed by atoms with van der Waals surface area (Å²) in [6.45, 7) is 7.06. The highest BCUT2D eigenvalue weighted by Gasteiger charge is 2.39. The number of hydrogen-bond acceptors (Lipinski definition) is 7. The molecule has 1 saturated heterocycles. The second-order valence-corrected chi connectivity index (χ2v) is 10.8. The molecule has 5 rings (SSSR count). The van der Waals surface area contributed by atoms with Gasteiger partial charge in [0.2, 0.25) is 5.88 Å². The zero-order chi connectivity index (χ0) is 24.8. The molecule has 1 aliphatic heterocycles. The largest absolute Gasteiger partial charge is 0.444 e. The molecule has 1 N–H and O–H groups in total. The van der Waals surface area contributed by atoms with E-state index in [4.69, 9.17) is 21.1 Å². The van der Waals surface area contributed by atoms with Gasteiger partial charge in [-0.3, -0.25) is 0 Å². The number of aromatic nitrogens is 4. The lowest BCUT2D eigenvalue weighted by Gasteiger charge is -2.39. The first-order valence-electron chi connectivity index (χ1n) is 12.0. The van der Waals surface area contributed by atoms with Crippen molar-refractivity contribution in [2.24, 2.45) is 5.92 Å². The molecule has 2 aromatic heterocycles. The fourth-order valence-electron chi connectivity index (χ4n) is 4.33. The Kier molecular flexibility index (Phi) is 6.09. The van der Waals surface area contributed by atoms with E-state index in [1.807, 2.05) is 31.5 Å². The maximum atomic E-state index is 12.4. The lowest BCUT2D eigenvalue weighted by molar-refractivity contribution is -0.0367. The molecule has 1 aliphatic carbocycles. The van der Waals surface area contributed by atoms with Crippen molar-refractivity contribution in [2.75, 3.05) is 13.1 Å². The summed E-state index contributed by atoms with van der Waals surface area (Å²) in [7, 11) is 0. The first kappa shape index (κ1) is 23.8. The molecule has 3 aromatic rings. The van der Waals surface area contributed by atoms with Crippen molar-refractivity contribution in [3.05, 3.63) is 41.0 Å². The summed E-state index contributed by atoms with van der Waals surface area (Å²) in [5.41, 5.74) is 0.220. The minimum atomic E-state index is -1.20. The number of piperidine rings is 1. The number of amides is 1. The number of hydrogen-bond donors (Lipinski definition) is 1. The smallest absolute Gasteiger partial charge is 0.410 e. The average molecular weight is 500 g/mol. The second-order valence-electron chi connectivity index (χ2n) is 10.4. The van der Waals surface area contributed by atoms with E-state index in [-0.39, 0.29) is 12.0 Å². The number of fused-ring (bicyclic) bond motifs is 1. The standard InChI is InChI=1S/C25H30ClN5O4/c1-24(2,3)35-23(32)30-13-10-25(33,11-14-30)17-5-4-12-27-22(17)34-19-9-8-18-21(20(19)26)28-29-31(18)15-16-6-7-16/h4-5,8-9,12,16,33H,6-7,10-11,13-15H2,1-3H3. The number of benzene rings is 1. The Morgan fingerprint density at radius 2 is 1.97 bits per heavy atom. The van der Waals surface area contributed by atoms with Gasteiger partial charge in [-0.2, -0.15) is 0 Å². The number of likely N-dealkylation sites (tertiary alicyclic amines) is 1. The third-order valence-corrected chi connectivity index (χ3v) is 6.80. The summed E-state index contributed by atoms with van der Waals surface area (Å²) in [5.74, 6) is 1.33. The first-order valence-corrected chi connectivity index (χ1v) is 12.4. The topological polar surface area (TPSA) is 103 Å². The Labute approximate surface area is 209 Å². The van der Waals surface area contributed by atoms with Crippen LogP contribution >= 0.6 is 11.6 Å². The molecule has 3 heterocycles. The minimum absolute atomic E-state index is 0.271. The Hall–Kier alpha value is -2.91. The van der Waals surface area contributed by atoms with Gasteiger partial charge in [0.15, 0.2) is 5.75 Å². The van der Waals surface area contributed by atoms with Crippen molar-refractivity contribution in [1.29, 1.82) is 0 Å². The molecule has 0 radical (unpaired) electrons. The number of aliphatic hydroxyl groups is 1. The molecule has 10 heteroatoms. The predicted octanol–water partition coefficient (Wildman–Crippen LogP) is 4.90. The van der Waals surface area contributed by atoms with E-state index in [2.05, 4.69) is 15.3 Å². The second kappa shape index (κ2) is 8.95. The SMILES string of the molecule is CC(C)(C)OC(=O)N1CCC(O)(c2cccnc2Oc2ccc3c(nnn3CC3CC3)c2Cl)CC1. The van der Waals surface area contributed by atoms with Crippen molar-refractivity contribution in [3.8, 4) is 11.6 Å². The molecule has 0 atom stereocenters. The quantitative estimate of drug-likeness (QED) is 0.532. The summed E-state index contributed by atoms with van der Waals surface area (Å²) < 4.78 is 13.5. The first-order chi connectivity index (χ1) is 16.6. The number of nitrogens with zero attached hydrogens (tertiary/aromatic N) is 5. The zero-order valence-corrected chi connectivity index (χ0v) is 21.0. The lowest BCUT2D eigenvalue weighted by Crippen LogP contribution is -2.47. The normalized spacial score (nSPS) is 18.0. The monoisotopic (exact) mass is 499 g/mol. The highest BCUT2D eigenvalue weighted by Crippen LogP contribution is 2.41. The van der Waals surface area contributed by atoms with Crippen LogP contribution in [0.15, 0.2) is 30.5 Å². The Balaban J connectivity index is 1.35. The van der Waals surface area contributed by atoms with Crippen LogP contribution in [0.25, 0.3) is 11.0 Å². The molecule has 1 saturated carbocycles. The van der Waals surface area contributed by atoms with E-state index in [9.17, 15) is 9.90 Å². The van der Waals surface area contributed by atoms with Crippen LogP contribution in [0.3, 0.4) is 0 Å². The van der Waals surface area contributed by atoms with Gasteiger partial charge in [-0.25, -0.2) is 14.5 Å². The molecular weight excluding hydrogens is 470 g/mol. The molecule has 0 unspecified atom stereocenters. The fraction of sp³-hybridized carbons (Fsp3) is 0.520. The predicted molar refractivity (Wildman–Crippen MR) is 131 cm³/mol. The maximum absolute atomic E-state index is 12.4. The number of carbonyl (C=O) groups excluding carboxylic acids is 1. The highest BCUT2D eigenvalue weighted by molar-refractivity contribution is 6.36. The fourth-order valence-corrected chi connectivity index (χ4v) is 4.57. The van der Waals surface area contributed by atoms with E-state index < -0.39 is 11.2 Å². The number of carbonyl (C=O) groups is 1. The maximum Gasteiger partial charge on any atom is 0.410 e. The van der Waals surface area contributed by atoms with Gasteiger partial charge in [0.25, 0.3) is 0 Å². The van der Waals surface area contributed by atoms with Crippen molar-refractivity contribution in [2.45, 2.75) is 64.2 Å². The van der Waals surface area contributed by atoms with E-state index in [0.717, 1.165) is 12.1 Å². The molecule has 0 spiro atoms. The highest BCUT2D eigenvalue weighted by atomic mass is 35.5. The summed E-state index contributed by atoms with van der Waals surface area (Å²) in [6.07, 6.45) is 4.33. The molecule has 0 bridgehead atoms. The van der Waals surface area contributed by atoms with Gasteiger partial charge in [-0.05, 0) is 76.6 Å². The Bertz CT molecular complexity index is 1240. The van der Waals surface area contributed by atoms with Crippen LogP contribution in [0.5, 0.6) is 11.6 Å². The molecule has 2 aliphatic rings. The van der Waals surface area contributed by atoms with Crippen molar-refractivity contribution < 1.29 is 19.4 Å². The third kappa shape index (κ3) is 5.06. The molecule has 186 valence electrons. The minimum Gasteiger partial charge on any atom is -0.444 e. The number of pyridine rings is 1. The van der Waals surface area contributed by atoms with Gasteiger partial charge < -0.3 is 19.5 Å². The van der Waals surface area contributed by atoms with Crippen LogP contribution in [0.2, 0.25) is 5.02 Å². The van der Waals surface area contributed by atoms with Crippen LogP contribution in [0.4, 0.5) is 4.79 Å². The van der Waals surface area contributed by atoms with Gasteiger partial charge in [0, 0.05) is 31.4 Å². The molecule has 35 heavy (non-hydrogen) atoms.